The average molecular weight is 221 g/mol. The van der Waals surface area contributed by atoms with Gasteiger partial charge in [-0.25, -0.2) is 4.39 Å². The molecule has 1 rings (SSSR count). The fourth-order valence-corrected chi connectivity index (χ4v) is 1.74. The predicted molar refractivity (Wildman–Crippen MR) is 66.9 cm³/mol. The molecule has 0 radical (unpaired) electrons. The lowest BCUT2D eigenvalue weighted by Gasteiger charge is -2.17. The number of hydrogen-bond acceptors (Lipinski definition) is 1. The second-order valence-electron chi connectivity index (χ2n) is 3.79. The summed E-state index contributed by atoms with van der Waals surface area (Å²) < 4.78 is 13.5. The molecule has 1 nitrogen and oxygen atoms in total. The Morgan fingerprint density at radius 3 is 2.75 bits per heavy atom. The van der Waals surface area contributed by atoms with Crippen LogP contribution in [0.1, 0.15) is 38.3 Å². The molecule has 0 aliphatic carbocycles. The van der Waals surface area contributed by atoms with Gasteiger partial charge in [0.2, 0.25) is 0 Å². The van der Waals surface area contributed by atoms with Crippen molar-refractivity contribution < 1.29 is 4.39 Å². The van der Waals surface area contributed by atoms with Gasteiger partial charge in [-0.1, -0.05) is 37.3 Å². The van der Waals surface area contributed by atoms with E-state index in [1.54, 1.807) is 6.07 Å². The van der Waals surface area contributed by atoms with E-state index in [1.165, 1.54) is 6.07 Å². The molecule has 1 N–H and O–H groups in total. The zero-order chi connectivity index (χ0) is 11.8. The Kier molecular flexibility index (Phi) is 5.79. The van der Waals surface area contributed by atoms with Crippen LogP contribution in [-0.2, 0) is 0 Å². The Morgan fingerprint density at radius 1 is 1.38 bits per heavy atom. The summed E-state index contributed by atoms with van der Waals surface area (Å²) in [6, 6.07) is 7.10. The first kappa shape index (κ1) is 12.9. The molecule has 0 spiro atoms. The van der Waals surface area contributed by atoms with Gasteiger partial charge in [0.1, 0.15) is 5.82 Å². The van der Waals surface area contributed by atoms with Gasteiger partial charge in [0.25, 0.3) is 0 Å². The molecule has 0 fully saturated rings. The quantitative estimate of drug-likeness (QED) is 0.568. The third-order valence-electron chi connectivity index (χ3n) is 2.63. The average Bonchev–Trinajstić information content (AvgIpc) is 2.31. The van der Waals surface area contributed by atoms with Gasteiger partial charge in [-0.2, -0.15) is 0 Å². The molecule has 0 amide bonds. The fourth-order valence-electron chi connectivity index (χ4n) is 1.74. The third-order valence-corrected chi connectivity index (χ3v) is 2.63. The number of nitrogens with one attached hydrogen (secondary N) is 1. The van der Waals surface area contributed by atoms with Gasteiger partial charge >= 0.3 is 0 Å². The maximum atomic E-state index is 13.5. The van der Waals surface area contributed by atoms with Gasteiger partial charge in [-0.05, 0) is 32.4 Å². The van der Waals surface area contributed by atoms with E-state index >= 15 is 0 Å². The molecule has 16 heavy (non-hydrogen) atoms. The second-order valence-corrected chi connectivity index (χ2v) is 3.79. The van der Waals surface area contributed by atoms with E-state index in [0.717, 1.165) is 24.9 Å². The van der Waals surface area contributed by atoms with Crippen LogP contribution in [0, 0.1) is 5.82 Å². The highest BCUT2D eigenvalue weighted by Crippen LogP contribution is 2.19. The largest absolute Gasteiger partial charge is 0.310 e. The topological polar surface area (TPSA) is 12.0 Å². The van der Waals surface area contributed by atoms with Crippen molar-refractivity contribution in [3.8, 4) is 0 Å². The van der Waals surface area contributed by atoms with Crippen LogP contribution in [0.2, 0.25) is 0 Å². The number of allylic oxidation sites excluding steroid dienone is 1. The van der Waals surface area contributed by atoms with Crippen LogP contribution in [0.4, 0.5) is 4.39 Å². The molecule has 0 saturated heterocycles. The van der Waals surface area contributed by atoms with Gasteiger partial charge in [0.05, 0.1) is 0 Å². The Labute approximate surface area is 97.4 Å². The van der Waals surface area contributed by atoms with Crippen LogP contribution in [0.3, 0.4) is 0 Å². The van der Waals surface area contributed by atoms with E-state index in [4.69, 9.17) is 0 Å². The molecule has 0 heterocycles. The summed E-state index contributed by atoms with van der Waals surface area (Å²) in [5.74, 6) is -0.118. The fraction of sp³-hybridized carbons (Fsp3) is 0.429. The highest BCUT2D eigenvalue weighted by atomic mass is 19.1. The van der Waals surface area contributed by atoms with E-state index in [0.29, 0.717) is 0 Å². The van der Waals surface area contributed by atoms with Crippen LogP contribution in [0.5, 0.6) is 0 Å². The van der Waals surface area contributed by atoms with Crippen LogP contribution in [0.15, 0.2) is 36.4 Å². The minimum absolute atomic E-state index is 0.117. The summed E-state index contributed by atoms with van der Waals surface area (Å²) in [5, 5.41) is 3.37. The lowest BCUT2D eigenvalue weighted by atomic mass is 10.0. The van der Waals surface area contributed by atoms with E-state index in [-0.39, 0.29) is 11.9 Å². The lowest BCUT2D eigenvalue weighted by molar-refractivity contribution is 0.493. The maximum absolute atomic E-state index is 13.5. The Balaban J connectivity index is 2.57. The zero-order valence-electron chi connectivity index (χ0n) is 10.0. The monoisotopic (exact) mass is 221 g/mol. The SMILES string of the molecule is C/C=C/CCNC(CC)c1ccccc1F. The minimum Gasteiger partial charge on any atom is -0.310 e. The van der Waals surface area contributed by atoms with Crippen molar-refractivity contribution in [2.45, 2.75) is 32.7 Å². The molecule has 1 aromatic rings. The molecule has 0 aromatic heterocycles. The van der Waals surface area contributed by atoms with Crippen molar-refractivity contribution in [2.75, 3.05) is 6.54 Å². The predicted octanol–water partition coefficient (Wildman–Crippen LogP) is 3.83. The number of rotatable bonds is 6. The Morgan fingerprint density at radius 2 is 2.12 bits per heavy atom. The first-order valence-electron chi connectivity index (χ1n) is 5.88. The van der Waals surface area contributed by atoms with Crippen molar-refractivity contribution in [3.63, 3.8) is 0 Å². The molecule has 0 saturated carbocycles. The molecule has 2 heteroatoms. The Bertz CT molecular complexity index is 333. The van der Waals surface area contributed by atoms with Gasteiger partial charge in [0.15, 0.2) is 0 Å². The molecule has 0 aliphatic rings. The molecular weight excluding hydrogens is 201 g/mol. The normalized spacial score (nSPS) is 13.2. The summed E-state index contributed by atoms with van der Waals surface area (Å²) in [4.78, 5) is 0. The summed E-state index contributed by atoms with van der Waals surface area (Å²) in [6.45, 7) is 4.96. The van der Waals surface area contributed by atoms with Gasteiger partial charge in [-0.3, -0.25) is 0 Å². The van der Waals surface area contributed by atoms with Gasteiger partial charge < -0.3 is 5.32 Å². The first-order chi connectivity index (χ1) is 7.79. The molecule has 1 aromatic carbocycles. The molecular formula is C14H20FN. The van der Waals surface area contributed by atoms with Gasteiger partial charge in [0, 0.05) is 11.6 Å². The molecule has 1 atom stereocenters. The number of halogens is 1. The first-order valence-corrected chi connectivity index (χ1v) is 5.88. The van der Waals surface area contributed by atoms with Crippen LogP contribution < -0.4 is 5.32 Å². The van der Waals surface area contributed by atoms with E-state index in [9.17, 15) is 4.39 Å². The minimum atomic E-state index is -0.118. The highest BCUT2D eigenvalue weighted by molar-refractivity contribution is 5.21. The smallest absolute Gasteiger partial charge is 0.127 e. The summed E-state index contributed by atoms with van der Waals surface area (Å²) in [7, 11) is 0. The van der Waals surface area contributed by atoms with Crippen LogP contribution in [0.25, 0.3) is 0 Å². The van der Waals surface area contributed by atoms with Gasteiger partial charge in [-0.15, -0.1) is 0 Å². The van der Waals surface area contributed by atoms with Crippen molar-refractivity contribution in [1.82, 2.24) is 5.32 Å². The molecule has 88 valence electrons. The van der Waals surface area contributed by atoms with Crippen LogP contribution in [-0.4, -0.2) is 6.54 Å². The van der Waals surface area contributed by atoms with Crippen molar-refractivity contribution in [3.05, 3.63) is 47.8 Å². The van der Waals surface area contributed by atoms with Crippen molar-refractivity contribution in [2.24, 2.45) is 0 Å². The maximum Gasteiger partial charge on any atom is 0.127 e. The molecule has 0 bridgehead atoms. The zero-order valence-corrected chi connectivity index (χ0v) is 10.0. The number of hydrogen-bond donors (Lipinski definition) is 1. The van der Waals surface area contributed by atoms with Crippen molar-refractivity contribution >= 4 is 0 Å². The summed E-state index contributed by atoms with van der Waals surface area (Å²) >= 11 is 0. The summed E-state index contributed by atoms with van der Waals surface area (Å²) in [6.07, 6.45) is 6.03. The van der Waals surface area contributed by atoms with Crippen LogP contribution >= 0.6 is 0 Å². The standard InChI is InChI=1S/C14H20FN/c1-3-5-8-11-16-14(4-2)12-9-6-7-10-13(12)15/h3,5-7,9-10,14,16H,4,8,11H2,1-2H3/b5-3+. The van der Waals surface area contributed by atoms with E-state index < -0.39 is 0 Å². The van der Waals surface area contributed by atoms with Crippen molar-refractivity contribution in [1.29, 1.82) is 0 Å². The highest BCUT2D eigenvalue weighted by Gasteiger charge is 2.11. The Hall–Kier alpha value is -1.15. The number of benzene rings is 1. The lowest BCUT2D eigenvalue weighted by Crippen LogP contribution is -2.22. The summed E-state index contributed by atoms with van der Waals surface area (Å²) in [5.41, 5.74) is 0.769. The molecule has 1 unspecified atom stereocenters. The second kappa shape index (κ2) is 7.18. The van der Waals surface area contributed by atoms with E-state index in [1.807, 2.05) is 25.1 Å². The third kappa shape index (κ3) is 3.78. The van der Waals surface area contributed by atoms with E-state index in [2.05, 4.69) is 18.3 Å². The molecule has 0 aliphatic heterocycles.